The maximum absolute atomic E-state index is 4.61. The molecule has 7 heteroatoms. The van der Waals surface area contributed by atoms with Crippen molar-refractivity contribution in [1.82, 2.24) is 20.1 Å². The van der Waals surface area contributed by atoms with Crippen LogP contribution in [0.2, 0.25) is 0 Å². The lowest BCUT2D eigenvalue weighted by molar-refractivity contribution is 0.312. The van der Waals surface area contributed by atoms with E-state index in [9.17, 15) is 0 Å². The molecule has 3 heterocycles. The number of halogens is 1. The predicted molar refractivity (Wildman–Crippen MR) is 101 cm³/mol. The average molecular weight is 416 g/mol. The summed E-state index contributed by atoms with van der Waals surface area (Å²) in [5.74, 6) is 2.07. The zero-order valence-corrected chi connectivity index (χ0v) is 15.7. The maximum atomic E-state index is 4.61. The van der Waals surface area contributed by atoms with Crippen LogP contribution in [-0.4, -0.2) is 74.1 Å². The van der Waals surface area contributed by atoms with E-state index in [0.29, 0.717) is 0 Å². The Labute approximate surface area is 149 Å². The van der Waals surface area contributed by atoms with Crippen molar-refractivity contribution in [2.24, 2.45) is 4.99 Å². The summed E-state index contributed by atoms with van der Waals surface area (Å²) < 4.78 is 0. The summed E-state index contributed by atoms with van der Waals surface area (Å²) in [5, 5.41) is 3.37. The van der Waals surface area contributed by atoms with Crippen LogP contribution in [0.5, 0.6) is 0 Å². The predicted octanol–water partition coefficient (Wildman–Crippen LogP) is 0.842. The minimum Gasteiger partial charge on any atom is -0.354 e. The highest BCUT2D eigenvalue weighted by atomic mass is 127. The Morgan fingerprint density at radius 3 is 2.45 bits per heavy atom. The number of nitrogens with zero attached hydrogens (tertiary/aromatic N) is 5. The summed E-state index contributed by atoms with van der Waals surface area (Å²) in [6.45, 7) is 7.00. The Hall–Kier alpha value is -1.09. The number of pyridine rings is 1. The number of likely N-dealkylation sites (N-methyl/N-ethyl adjacent to an activating group) is 2. The topological polar surface area (TPSA) is 47.0 Å². The molecule has 0 spiro atoms. The fraction of sp³-hybridized carbons (Fsp3) is 0.600. The zero-order chi connectivity index (χ0) is 14.7. The third-order valence-corrected chi connectivity index (χ3v) is 4.15. The van der Waals surface area contributed by atoms with Crippen molar-refractivity contribution >= 4 is 35.8 Å². The third kappa shape index (κ3) is 4.22. The van der Waals surface area contributed by atoms with E-state index in [1.807, 2.05) is 6.20 Å². The molecule has 0 saturated carbocycles. The van der Waals surface area contributed by atoms with Crippen molar-refractivity contribution in [3.63, 3.8) is 0 Å². The van der Waals surface area contributed by atoms with Gasteiger partial charge in [-0.05, 0) is 18.7 Å². The first-order valence-electron chi connectivity index (χ1n) is 7.60. The van der Waals surface area contributed by atoms with Gasteiger partial charge >= 0.3 is 0 Å². The lowest BCUT2D eigenvalue weighted by Crippen LogP contribution is -2.44. The maximum Gasteiger partial charge on any atom is 0.194 e. The molecule has 1 saturated heterocycles. The minimum atomic E-state index is 0. The van der Waals surface area contributed by atoms with Crippen LogP contribution in [0.3, 0.4) is 0 Å². The number of hydrogen-bond donors (Lipinski definition) is 1. The fourth-order valence-corrected chi connectivity index (χ4v) is 2.65. The van der Waals surface area contributed by atoms with Crippen molar-refractivity contribution < 1.29 is 0 Å². The van der Waals surface area contributed by atoms with Gasteiger partial charge in [0.1, 0.15) is 5.82 Å². The molecule has 1 fully saturated rings. The number of aromatic nitrogens is 1. The largest absolute Gasteiger partial charge is 0.354 e. The molecule has 22 heavy (non-hydrogen) atoms. The summed E-state index contributed by atoms with van der Waals surface area (Å²) >= 11 is 0. The van der Waals surface area contributed by atoms with Crippen LogP contribution in [0, 0.1) is 0 Å². The van der Waals surface area contributed by atoms with Gasteiger partial charge in [0.15, 0.2) is 5.96 Å². The minimum absolute atomic E-state index is 0. The molecule has 1 aromatic heterocycles. The Balaban J connectivity index is 0.00000176. The van der Waals surface area contributed by atoms with E-state index >= 15 is 0 Å². The van der Waals surface area contributed by atoms with Crippen molar-refractivity contribution in [2.45, 2.75) is 6.54 Å². The number of rotatable bonds is 3. The van der Waals surface area contributed by atoms with Crippen LogP contribution in [0.4, 0.5) is 5.82 Å². The second-order valence-electron chi connectivity index (χ2n) is 5.80. The van der Waals surface area contributed by atoms with Crippen LogP contribution < -0.4 is 10.2 Å². The standard InChI is InChI=1S/C15H24N6.HI/c1-19-7-9-21(10-8-19)14-4-3-13(11-17-14)12-18-15-16-5-6-20(15)2;/h3-4,11H,5-10,12H2,1-2H3,(H,16,18);1H. The molecule has 3 rings (SSSR count). The summed E-state index contributed by atoms with van der Waals surface area (Å²) in [6.07, 6.45) is 1.97. The van der Waals surface area contributed by atoms with E-state index < -0.39 is 0 Å². The molecule has 2 aliphatic heterocycles. The Morgan fingerprint density at radius 2 is 1.86 bits per heavy atom. The molecule has 0 unspecified atom stereocenters. The van der Waals surface area contributed by atoms with Crippen molar-refractivity contribution in [2.75, 3.05) is 58.3 Å². The number of guanidine groups is 1. The average Bonchev–Trinajstić information content (AvgIpc) is 2.92. The van der Waals surface area contributed by atoms with Crippen molar-refractivity contribution in [1.29, 1.82) is 0 Å². The molecule has 1 N–H and O–H groups in total. The molecule has 0 atom stereocenters. The van der Waals surface area contributed by atoms with E-state index in [1.165, 1.54) is 5.56 Å². The van der Waals surface area contributed by atoms with E-state index in [2.05, 4.69) is 56.2 Å². The fourth-order valence-electron chi connectivity index (χ4n) is 2.65. The molecular weight excluding hydrogens is 391 g/mol. The van der Waals surface area contributed by atoms with Gasteiger partial charge in [-0.1, -0.05) is 6.07 Å². The SMILES string of the molecule is CN1CCN(c2ccc(CNC3=NCCN3C)cn2)CC1.I. The number of nitrogens with one attached hydrogen (secondary N) is 1. The van der Waals surface area contributed by atoms with Crippen molar-refractivity contribution in [3.8, 4) is 0 Å². The molecule has 0 aromatic carbocycles. The van der Waals surface area contributed by atoms with Crippen LogP contribution in [0.15, 0.2) is 23.3 Å². The second-order valence-corrected chi connectivity index (χ2v) is 5.80. The van der Waals surface area contributed by atoms with E-state index in [-0.39, 0.29) is 24.0 Å². The van der Waals surface area contributed by atoms with Crippen LogP contribution >= 0.6 is 24.0 Å². The summed E-state index contributed by atoms with van der Waals surface area (Å²) in [4.78, 5) is 15.9. The van der Waals surface area contributed by atoms with E-state index in [1.54, 1.807) is 0 Å². The van der Waals surface area contributed by atoms with Gasteiger partial charge in [-0.2, -0.15) is 0 Å². The van der Waals surface area contributed by atoms with Crippen LogP contribution in [0.25, 0.3) is 0 Å². The molecule has 0 aliphatic carbocycles. The molecular formula is C15H25IN6. The molecule has 0 bridgehead atoms. The normalized spacial score (nSPS) is 18.9. The van der Waals surface area contributed by atoms with Crippen molar-refractivity contribution in [3.05, 3.63) is 23.9 Å². The molecule has 2 aliphatic rings. The smallest absolute Gasteiger partial charge is 0.194 e. The highest BCUT2D eigenvalue weighted by Gasteiger charge is 2.15. The molecule has 0 radical (unpaired) electrons. The lowest BCUT2D eigenvalue weighted by Gasteiger charge is -2.33. The van der Waals surface area contributed by atoms with Gasteiger partial charge in [-0.3, -0.25) is 4.99 Å². The first-order chi connectivity index (χ1) is 10.2. The molecule has 6 nitrogen and oxygen atoms in total. The highest BCUT2D eigenvalue weighted by molar-refractivity contribution is 14.0. The van der Waals surface area contributed by atoms with Gasteiger partial charge in [0.2, 0.25) is 0 Å². The van der Waals surface area contributed by atoms with E-state index in [4.69, 9.17) is 0 Å². The van der Waals surface area contributed by atoms with Gasteiger partial charge < -0.3 is 20.0 Å². The van der Waals surface area contributed by atoms with E-state index in [0.717, 1.165) is 57.6 Å². The first kappa shape index (κ1) is 17.3. The van der Waals surface area contributed by atoms with Gasteiger partial charge in [-0.15, -0.1) is 24.0 Å². The quantitative estimate of drug-likeness (QED) is 0.741. The monoisotopic (exact) mass is 416 g/mol. The summed E-state index contributed by atoms with van der Waals surface area (Å²) in [6, 6.07) is 4.28. The Kier molecular flexibility index (Phi) is 6.25. The second kappa shape index (κ2) is 7.96. The number of piperazine rings is 1. The zero-order valence-electron chi connectivity index (χ0n) is 13.3. The van der Waals surface area contributed by atoms with Gasteiger partial charge in [0.25, 0.3) is 0 Å². The highest BCUT2D eigenvalue weighted by Crippen LogP contribution is 2.13. The number of hydrogen-bond acceptors (Lipinski definition) is 6. The van der Waals surface area contributed by atoms with Crippen LogP contribution in [0.1, 0.15) is 5.56 Å². The molecule has 1 aromatic rings. The number of aliphatic imine (C=N–C) groups is 1. The molecule has 0 amide bonds. The third-order valence-electron chi connectivity index (χ3n) is 4.15. The van der Waals surface area contributed by atoms with Gasteiger partial charge in [-0.25, -0.2) is 4.98 Å². The Bertz CT molecular complexity index is 495. The summed E-state index contributed by atoms with van der Waals surface area (Å²) in [7, 11) is 4.23. The van der Waals surface area contributed by atoms with Gasteiger partial charge in [0.05, 0.1) is 6.54 Å². The Morgan fingerprint density at radius 1 is 1.09 bits per heavy atom. The summed E-state index contributed by atoms with van der Waals surface area (Å²) in [5.41, 5.74) is 1.19. The number of anilines is 1. The van der Waals surface area contributed by atoms with Crippen LogP contribution in [-0.2, 0) is 6.54 Å². The lowest BCUT2D eigenvalue weighted by atomic mass is 10.2. The van der Waals surface area contributed by atoms with Gasteiger partial charge in [0, 0.05) is 52.5 Å². The molecule has 122 valence electrons. The first-order valence-corrected chi connectivity index (χ1v) is 7.60.